The molecule has 0 bridgehead atoms. The molecule has 4 aromatic carbocycles. The van der Waals surface area contributed by atoms with E-state index in [1.54, 1.807) is 6.92 Å². The first-order valence-electron chi connectivity index (χ1n) is 12.4. The molecule has 0 heterocycles. The topological polar surface area (TPSA) is 29.1 Å². The van der Waals surface area contributed by atoms with Gasteiger partial charge >= 0.3 is 0 Å². The van der Waals surface area contributed by atoms with Gasteiger partial charge in [0.1, 0.15) is 6.15 Å². The van der Waals surface area contributed by atoms with Crippen molar-refractivity contribution in [3.05, 3.63) is 133 Å². The van der Waals surface area contributed by atoms with Crippen molar-refractivity contribution in [2.45, 2.75) is 6.92 Å². The van der Waals surface area contributed by atoms with Crippen molar-refractivity contribution in [1.82, 2.24) is 5.32 Å². The van der Waals surface area contributed by atoms with Gasteiger partial charge in [0, 0.05) is 5.57 Å². The third kappa shape index (κ3) is 6.62. The molecule has 0 fully saturated rings. The second kappa shape index (κ2) is 12.2. The van der Waals surface area contributed by atoms with Crippen LogP contribution in [0, 0.1) is 0 Å². The van der Waals surface area contributed by atoms with Gasteiger partial charge in [0.2, 0.25) is 0 Å². The van der Waals surface area contributed by atoms with Gasteiger partial charge < -0.3 is 9.80 Å². The highest BCUT2D eigenvalue weighted by Gasteiger charge is 2.31. The number of nitrogens with one attached hydrogen (secondary N) is 1. The van der Waals surface area contributed by atoms with E-state index in [0.29, 0.717) is 12.2 Å². The van der Waals surface area contributed by atoms with Crippen molar-refractivity contribution in [2.75, 3.05) is 27.8 Å². The lowest BCUT2D eigenvalue weighted by Crippen LogP contribution is -2.74. The highest BCUT2D eigenvalue weighted by Crippen LogP contribution is 2.09. The lowest BCUT2D eigenvalue weighted by atomic mass is 9.13. The van der Waals surface area contributed by atoms with Crippen LogP contribution in [0.25, 0.3) is 0 Å². The Bertz CT molecular complexity index is 1070. The van der Waals surface area contributed by atoms with Crippen LogP contribution in [0.4, 0.5) is 0 Å². The monoisotopic (exact) mass is 476 g/mol. The van der Waals surface area contributed by atoms with E-state index < -0.39 is 6.15 Å². The Morgan fingerprint density at radius 2 is 0.917 bits per heavy atom. The Kier molecular flexibility index (Phi) is 9.05. The van der Waals surface area contributed by atoms with E-state index in [2.05, 4.69) is 133 Å². The summed E-state index contributed by atoms with van der Waals surface area (Å²) in [5.74, 6) is -0.0712. The summed E-state index contributed by atoms with van der Waals surface area (Å²) in [6, 6.07) is 43.5. The van der Waals surface area contributed by atoms with Crippen LogP contribution in [0.1, 0.15) is 6.92 Å². The average molecular weight is 476 g/mol. The standard InChI is InChI=1S/C24H20B.C8H16N2O/c1-5-13-21(14-6-1)25(22-15-7-2-8-16-22,23-17-9-3-10-18-23)24-19-11-4-12-20-24;1-7(2)8(11)9-6-10(3,4)5/h1-20H;1,6H2,2-5H3/q-1;/p+1. The number of carbonyl (C=O) groups is 1. The molecular weight excluding hydrogens is 439 g/mol. The maximum Gasteiger partial charge on any atom is 0.250 e. The highest BCUT2D eigenvalue weighted by molar-refractivity contribution is 7.19. The molecular formula is C32H37BN2O. The predicted molar refractivity (Wildman–Crippen MR) is 156 cm³/mol. The molecule has 184 valence electrons. The minimum atomic E-state index is -1.22. The summed E-state index contributed by atoms with van der Waals surface area (Å²) in [4.78, 5) is 11.0. The molecule has 4 rings (SSSR count). The molecule has 0 saturated carbocycles. The molecule has 3 nitrogen and oxygen atoms in total. The average Bonchev–Trinajstić information content (AvgIpc) is 2.90. The zero-order chi connectivity index (χ0) is 26.0. The first-order valence-corrected chi connectivity index (χ1v) is 12.4. The minimum absolute atomic E-state index is 0.0712. The lowest BCUT2D eigenvalue weighted by molar-refractivity contribution is -0.872. The van der Waals surface area contributed by atoms with Gasteiger partial charge in [-0.3, -0.25) is 4.79 Å². The van der Waals surface area contributed by atoms with Gasteiger partial charge in [-0.05, 0) is 6.92 Å². The third-order valence-electron chi connectivity index (χ3n) is 6.30. The number of nitrogens with zero attached hydrogens (tertiary/aromatic N) is 1. The number of hydrogen-bond acceptors (Lipinski definition) is 1. The van der Waals surface area contributed by atoms with Crippen LogP contribution in [-0.4, -0.2) is 44.3 Å². The largest absolute Gasteiger partial charge is 0.314 e. The highest BCUT2D eigenvalue weighted by atomic mass is 16.1. The first kappa shape index (κ1) is 26.7. The van der Waals surface area contributed by atoms with E-state index in [1.807, 2.05) is 21.1 Å². The number of benzene rings is 4. The van der Waals surface area contributed by atoms with Gasteiger partial charge in [-0.15, -0.1) is 0 Å². The normalized spacial score (nSPS) is 11.1. The summed E-state index contributed by atoms with van der Waals surface area (Å²) in [7, 11) is 6.04. The molecule has 0 saturated heterocycles. The fraction of sp³-hybridized carbons (Fsp3) is 0.156. The molecule has 0 atom stereocenters. The quantitative estimate of drug-likeness (QED) is 0.188. The summed E-state index contributed by atoms with van der Waals surface area (Å²) in [5, 5.41) is 2.76. The van der Waals surface area contributed by atoms with Gasteiger partial charge in [-0.2, -0.15) is 21.9 Å². The third-order valence-corrected chi connectivity index (χ3v) is 6.30. The zero-order valence-electron chi connectivity index (χ0n) is 21.9. The molecule has 36 heavy (non-hydrogen) atoms. The van der Waals surface area contributed by atoms with Crippen LogP contribution >= 0.6 is 0 Å². The SMILES string of the molecule is C=C(C)C(=O)NC[N+](C)(C)C.c1ccc([B-](c2ccccc2)(c2ccccc2)c2ccccc2)cc1. The van der Waals surface area contributed by atoms with Gasteiger partial charge in [0.25, 0.3) is 5.91 Å². The molecule has 0 spiro atoms. The molecule has 0 aromatic heterocycles. The Balaban J connectivity index is 0.000000280. The van der Waals surface area contributed by atoms with Crippen LogP contribution in [0.3, 0.4) is 0 Å². The van der Waals surface area contributed by atoms with E-state index in [-0.39, 0.29) is 5.91 Å². The van der Waals surface area contributed by atoms with Crippen molar-refractivity contribution < 1.29 is 9.28 Å². The number of amides is 1. The Morgan fingerprint density at radius 1 is 0.639 bits per heavy atom. The Hall–Kier alpha value is -3.89. The summed E-state index contributed by atoms with van der Waals surface area (Å²) in [5.41, 5.74) is 5.91. The number of carbonyl (C=O) groups excluding carboxylic acids is 1. The van der Waals surface area contributed by atoms with E-state index in [4.69, 9.17) is 0 Å². The van der Waals surface area contributed by atoms with Gasteiger partial charge in [0.15, 0.2) is 6.67 Å². The molecule has 0 aliphatic carbocycles. The Labute approximate surface area is 216 Å². The van der Waals surface area contributed by atoms with Crippen LogP contribution < -0.4 is 27.2 Å². The van der Waals surface area contributed by atoms with E-state index in [9.17, 15) is 4.79 Å². The maximum atomic E-state index is 11.0. The number of quaternary nitrogens is 1. The van der Waals surface area contributed by atoms with Crippen LogP contribution in [0.5, 0.6) is 0 Å². The summed E-state index contributed by atoms with van der Waals surface area (Å²) >= 11 is 0. The smallest absolute Gasteiger partial charge is 0.250 e. The van der Waals surface area contributed by atoms with Crippen molar-refractivity contribution in [3.63, 3.8) is 0 Å². The molecule has 0 radical (unpaired) electrons. The molecule has 0 unspecified atom stereocenters. The molecule has 0 aliphatic rings. The van der Waals surface area contributed by atoms with Crippen molar-refractivity contribution in [2.24, 2.45) is 0 Å². The number of rotatable bonds is 7. The first-order chi connectivity index (χ1) is 17.2. The van der Waals surface area contributed by atoms with Gasteiger partial charge in [-0.25, -0.2) is 0 Å². The van der Waals surface area contributed by atoms with E-state index >= 15 is 0 Å². The van der Waals surface area contributed by atoms with Crippen molar-refractivity contribution in [3.8, 4) is 0 Å². The summed E-state index contributed by atoms with van der Waals surface area (Å²) in [6.07, 6.45) is -1.22. The van der Waals surface area contributed by atoms with E-state index in [1.165, 1.54) is 21.9 Å². The predicted octanol–water partition coefficient (Wildman–Crippen LogP) is 3.41. The van der Waals surface area contributed by atoms with Crippen LogP contribution in [0.15, 0.2) is 133 Å². The fourth-order valence-electron chi connectivity index (χ4n) is 4.58. The second-order valence-corrected chi connectivity index (χ2v) is 10.2. The molecule has 4 aromatic rings. The van der Waals surface area contributed by atoms with Gasteiger partial charge in [0.05, 0.1) is 21.1 Å². The van der Waals surface area contributed by atoms with Crippen molar-refractivity contribution in [1.29, 1.82) is 0 Å². The zero-order valence-corrected chi connectivity index (χ0v) is 21.9. The fourth-order valence-corrected chi connectivity index (χ4v) is 4.58. The summed E-state index contributed by atoms with van der Waals surface area (Å²) < 4.78 is 0.721. The number of hydrogen-bond donors (Lipinski definition) is 1. The van der Waals surface area contributed by atoms with Crippen LogP contribution in [-0.2, 0) is 4.79 Å². The van der Waals surface area contributed by atoms with E-state index in [0.717, 1.165) is 4.48 Å². The molecule has 4 heteroatoms. The second-order valence-electron chi connectivity index (χ2n) is 10.2. The molecule has 0 aliphatic heterocycles. The summed E-state index contributed by atoms with van der Waals surface area (Å²) in [6.45, 7) is 5.87. The van der Waals surface area contributed by atoms with Crippen LogP contribution in [0.2, 0.25) is 0 Å². The lowest BCUT2D eigenvalue weighted by Gasteiger charge is -2.44. The molecule has 1 N–H and O–H groups in total. The van der Waals surface area contributed by atoms with Gasteiger partial charge in [-0.1, -0.05) is 128 Å². The maximum absolute atomic E-state index is 11.0. The Morgan fingerprint density at radius 3 is 1.14 bits per heavy atom. The van der Waals surface area contributed by atoms with Crippen molar-refractivity contribution >= 4 is 33.9 Å². The molecule has 1 amide bonds. The minimum Gasteiger partial charge on any atom is -0.314 e.